The lowest BCUT2D eigenvalue weighted by atomic mass is 10.1. The van der Waals surface area contributed by atoms with E-state index in [1.807, 2.05) is 0 Å². The van der Waals surface area contributed by atoms with Crippen LogP contribution in [-0.2, 0) is 10.0 Å². The van der Waals surface area contributed by atoms with Gasteiger partial charge in [0.1, 0.15) is 22.1 Å². The molecule has 0 spiro atoms. The van der Waals surface area contributed by atoms with E-state index in [0.717, 1.165) is 0 Å². The van der Waals surface area contributed by atoms with Crippen LogP contribution in [0.1, 0.15) is 10.9 Å². The maximum atomic E-state index is 13.6. The maximum absolute atomic E-state index is 13.6. The fourth-order valence-electron chi connectivity index (χ4n) is 3.31. The van der Waals surface area contributed by atoms with Crippen molar-refractivity contribution < 1.29 is 32.1 Å². The van der Waals surface area contributed by atoms with Gasteiger partial charge in [-0.2, -0.15) is 4.31 Å². The lowest BCUT2D eigenvalue weighted by Gasteiger charge is -2.26. The Morgan fingerprint density at radius 3 is 2.07 bits per heavy atom. The highest BCUT2D eigenvalue weighted by Crippen LogP contribution is 2.48. The number of thioether (sulfide) groups is 1. The standard InChI is InChI=1S/C20H25NO7S2/c1-24-13-6-7-19(18(10-13)28-5)30(22,23)21-8-9-29-20(21)14-11-16(26-3)17(27-4)12-15(14)25-2/h6-7,10-12,20H,8-9H2,1-5H3. The van der Waals surface area contributed by atoms with Gasteiger partial charge in [0, 0.05) is 30.0 Å². The smallest absolute Gasteiger partial charge is 0.248 e. The number of rotatable bonds is 8. The highest BCUT2D eigenvalue weighted by Gasteiger charge is 2.40. The van der Waals surface area contributed by atoms with Gasteiger partial charge in [0.2, 0.25) is 10.0 Å². The predicted octanol–water partition coefficient (Wildman–Crippen LogP) is 3.17. The first-order valence-electron chi connectivity index (χ1n) is 9.06. The molecule has 1 heterocycles. The molecule has 10 heteroatoms. The molecule has 1 unspecified atom stereocenters. The zero-order chi connectivity index (χ0) is 21.9. The first-order valence-corrected chi connectivity index (χ1v) is 11.6. The second kappa shape index (κ2) is 9.23. The molecule has 0 radical (unpaired) electrons. The van der Waals surface area contributed by atoms with Gasteiger partial charge in [-0.3, -0.25) is 0 Å². The number of methoxy groups -OCH3 is 5. The van der Waals surface area contributed by atoms with E-state index < -0.39 is 15.4 Å². The van der Waals surface area contributed by atoms with Crippen LogP contribution in [0.15, 0.2) is 35.2 Å². The molecular formula is C20H25NO7S2. The highest BCUT2D eigenvalue weighted by atomic mass is 32.2. The van der Waals surface area contributed by atoms with Gasteiger partial charge < -0.3 is 23.7 Å². The van der Waals surface area contributed by atoms with E-state index in [0.29, 0.717) is 40.9 Å². The molecule has 0 saturated carbocycles. The van der Waals surface area contributed by atoms with E-state index in [1.54, 1.807) is 24.3 Å². The minimum atomic E-state index is -3.86. The molecule has 8 nitrogen and oxygen atoms in total. The van der Waals surface area contributed by atoms with Crippen LogP contribution in [0, 0.1) is 0 Å². The van der Waals surface area contributed by atoms with Crippen molar-refractivity contribution in [2.75, 3.05) is 47.8 Å². The van der Waals surface area contributed by atoms with Crippen LogP contribution in [0.5, 0.6) is 28.7 Å². The molecule has 0 N–H and O–H groups in total. The summed E-state index contributed by atoms with van der Waals surface area (Å²) in [4.78, 5) is 0.0812. The van der Waals surface area contributed by atoms with Crippen LogP contribution < -0.4 is 23.7 Å². The Hall–Kier alpha value is -2.30. The molecule has 3 rings (SSSR count). The summed E-state index contributed by atoms with van der Waals surface area (Å²) in [5, 5.41) is -0.489. The summed E-state index contributed by atoms with van der Waals surface area (Å²) in [6.07, 6.45) is 0. The monoisotopic (exact) mass is 455 g/mol. The van der Waals surface area contributed by atoms with Gasteiger partial charge in [-0.25, -0.2) is 8.42 Å². The molecule has 2 aromatic carbocycles. The average Bonchev–Trinajstić information content (AvgIpc) is 3.28. The number of sulfonamides is 1. The van der Waals surface area contributed by atoms with Crippen molar-refractivity contribution in [1.82, 2.24) is 4.31 Å². The van der Waals surface area contributed by atoms with Crippen LogP contribution in [0.3, 0.4) is 0 Å². The molecule has 0 aromatic heterocycles. The summed E-state index contributed by atoms with van der Waals surface area (Å²) in [6, 6.07) is 8.12. The largest absolute Gasteiger partial charge is 0.497 e. The molecule has 164 valence electrons. The van der Waals surface area contributed by atoms with E-state index >= 15 is 0 Å². The molecule has 0 bridgehead atoms. The third kappa shape index (κ3) is 3.99. The minimum absolute atomic E-state index is 0.0812. The van der Waals surface area contributed by atoms with E-state index in [-0.39, 0.29) is 10.6 Å². The molecule has 1 atom stereocenters. The van der Waals surface area contributed by atoms with E-state index in [2.05, 4.69) is 0 Å². The van der Waals surface area contributed by atoms with Crippen LogP contribution in [0.25, 0.3) is 0 Å². The lowest BCUT2D eigenvalue weighted by molar-refractivity contribution is 0.344. The predicted molar refractivity (Wildman–Crippen MR) is 115 cm³/mol. The van der Waals surface area contributed by atoms with Crippen molar-refractivity contribution in [2.45, 2.75) is 10.3 Å². The van der Waals surface area contributed by atoms with Crippen LogP contribution in [-0.4, -0.2) is 60.6 Å². The number of ether oxygens (including phenoxy) is 5. The average molecular weight is 456 g/mol. The Balaban J connectivity index is 2.08. The summed E-state index contributed by atoms with van der Waals surface area (Å²) in [7, 11) is 3.69. The fraction of sp³-hybridized carbons (Fsp3) is 0.400. The van der Waals surface area contributed by atoms with E-state index in [4.69, 9.17) is 23.7 Å². The zero-order valence-corrected chi connectivity index (χ0v) is 19.1. The van der Waals surface area contributed by atoms with Crippen molar-refractivity contribution in [1.29, 1.82) is 0 Å². The van der Waals surface area contributed by atoms with Crippen molar-refractivity contribution in [2.24, 2.45) is 0 Å². The molecule has 1 saturated heterocycles. The Morgan fingerprint density at radius 2 is 1.47 bits per heavy atom. The van der Waals surface area contributed by atoms with E-state index in [1.165, 1.54) is 57.7 Å². The van der Waals surface area contributed by atoms with Gasteiger partial charge >= 0.3 is 0 Å². The molecular weight excluding hydrogens is 430 g/mol. The summed E-state index contributed by atoms with van der Waals surface area (Å²) in [6.45, 7) is 0.352. The Bertz CT molecular complexity index is 1010. The van der Waals surface area contributed by atoms with Crippen molar-refractivity contribution >= 4 is 21.8 Å². The molecule has 30 heavy (non-hydrogen) atoms. The van der Waals surface area contributed by atoms with Gasteiger partial charge in [-0.15, -0.1) is 11.8 Å². The Morgan fingerprint density at radius 1 is 0.833 bits per heavy atom. The summed E-state index contributed by atoms with van der Waals surface area (Å²) in [5.41, 5.74) is 0.689. The summed E-state index contributed by atoms with van der Waals surface area (Å²) in [5.74, 6) is 2.91. The van der Waals surface area contributed by atoms with Crippen LogP contribution >= 0.6 is 11.8 Å². The van der Waals surface area contributed by atoms with Crippen molar-refractivity contribution in [3.8, 4) is 28.7 Å². The van der Waals surface area contributed by atoms with Crippen LogP contribution in [0.2, 0.25) is 0 Å². The third-order valence-corrected chi connectivity index (χ3v) is 8.09. The lowest BCUT2D eigenvalue weighted by Crippen LogP contribution is -2.31. The second-order valence-electron chi connectivity index (χ2n) is 6.30. The molecule has 0 amide bonds. The third-order valence-electron chi connectivity index (χ3n) is 4.81. The second-order valence-corrected chi connectivity index (χ2v) is 9.35. The van der Waals surface area contributed by atoms with Gasteiger partial charge in [-0.05, 0) is 18.2 Å². The van der Waals surface area contributed by atoms with Gasteiger partial charge in [-0.1, -0.05) is 0 Å². The minimum Gasteiger partial charge on any atom is -0.497 e. The van der Waals surface area contributed by atoms with Crippen molar-refractivity contribution in [3.63, 3.8) is 0 Å². The molecule has 1 fully saturated rings. The topological polar surface area (TPSA) is 83.5 Å². The SMILES string of the molecule is COc1ccc(S(=O)(=O)N2CCSC2c2cc(OC)c(OC)cc2OC)c(OC)c1. The van der Waals surface area contributed by atoms with E-state index in [9.17, 15) is 8.42 Å². The Labute approximate surface area is 181 Å². The first-order chi connectivity index (χ1) is 14.4. The molecule has 2 aromatic rings. The maximum Gasteiger partial charge on any atom is 0.248 e. The van der Waals surface area contributed by atoms with Crippen LogP contribution in [0.4, 0.5) is 0 Å². The zero-order valence-electron chi connectivity index (χ0n) is 17.5. The quantitative estimate of drug-likeness (QED) is 0.600. The van der Waals surface area contributed by atoms with Gasteiger partial charge in [0.25, 0.3) is 0 Å². The normalized spacial score (nSPS) is 16.9. The first kappa shape index (κ1) is 22.4. The molecule has 1 aliphatic heterocycles. The van der Waals surface area contributed by atoms with Crippen molar-refractivity contribution in [3.05, 3.63) is 35.9 Å². The number of hydrogen-bond acceptors (Lipinski definition) is 8. The number of hydrogen-bond donors (Lipinski definition) is 0. The fourth-order valence-corrected chi connectivity index (χ4v) is 6.69. The highest BCUT2D eigenvalue weighted by molar-refractivity contribution is 8.01. The van der Waals surface area contributed by atoms with Gasteiger partial charge in [0.15, 0.2) is 11.5 Å². The molecule has 0 aliphatic carbocycles. The summed E-state index contributed by atoms with van der Waals surface area (Å²) < 4.78 is 55.4. The molecule has 1 aliphatic rings. The Kier molecular flexibility index (Phi) is 6.89. The summed E-state index contributed by atoms with van der Waals surface area (Å²) >= 11 is 1.51. The number of benzene rings is 2. The van der Waals surface area contributed by atoms with Gasteiger partial charge in [0.05, 0.1) is 40.9 Å². The number of nitrogens with zero attached hydrogens (tertiary/aromatic N) is 1.